The minimum atomic E-state index is -0.252. The summed E-state index contributed by atoms with van der Waals surface area (Å²) in [5.74, 6) is 0.506. The number of rotatable bonds is 8. The molecule has 0 aliphatic heterocycles. The van der Waals surface area contributed by atoms with Crippen molar-refractivity contribution in [3.63, 3.8) is 0 Å². The van der Waals surface area contributed by atoms with Crippen molar-refractivity contribution >= 4 is 23.2 Å². The fourth-order valence-electron chi connectivity index (χ4n) is 2.27. The number of hydrogen-bond donors (Lipinski definition) is 2. The number of nitrogens with zero attached hydrogens (tertiary/aromatic N) is 1. The van der Waals surface area contributed by atoms with E-state index in [9.17, 15) is 9.59 Å². The lowest BCUT2D eigenvalue weighted by Crippen LogP contribution is -2.36. The SMILES string of the molecule is Cc1ccc(OCc2nc(C(=O)NCCNC(=O)CC(C)(C)C)cs2)cc1. The number of aromatic nitrogens is 1. The van der Waals surface area contributed by atoms with Crippen LogP contribution >= 0.6 is 11.3 Å². The van der Waals surface area contributed by atoms with Crippen LogP contribution in [0.5, 0.6) is 5.75 Å². The first-order chi connectivity index (χ1) is 12.7. The molecule has 6 nitrogen and oxygen atoms in total. The van der Waals surface area contributed by atoms with Crippen molar-refractivity contribution in [3.05, 3.63) is 45.9 Å². The van der Waals surface area contributed by atoms with Crippen LogP contribution in [0.4, 0.5) is 0 Å². The average Bonchev–Trinajstić information content (AvgIpc) is 3.05. The normalized spacial score (nSPS) is 11.1. The molecule has 0 aliphatic rings. The summed E-state index contributed by atoms with van der Waals surface area (Å²) in [6.45, 7) is 9.13. The molecule has 0 aliphatic carbocycles. The molecule has 1 heterocycles. The monoisotopic (exact) mass is 389 g/mol. The maximum atomic E-state index is 12.1. The highest BCUT2D eigenvalue weighted by molar-refractivity contribution is 7.09. The first kappa shape index (κ1) is 20.9. The molecule has 0 unspecified atom stereocenters. The molecule has 0 spiro atoms. The van der Waals surface area contributed by atoms with E-state index in [0.29, 0.717) is 31.8 Å². The molecule has 27 heavy (non-hydrogen) atoms. The van der Waals surface area contributed by atoms with Gasteiger partial charge in [-0.3, -0.25) is 9.59 Å². The Bertz CT molecular complexity index is 764. The van der Waals surface area contributed by atoms with Crippen LogP contribution in [0, 0.1) is 12.3 Å². The topological polar surface area (TPSA) is 80.3 Å². The second-order valence-corrected chi connectivity index (χ2v) is 8.51. The number of hydrogen-bond acceptors (Lipinski definition) is 5. The van der Waals surface area contributed by atoms with E-state index in [-0.39, 0.29) is 17.2 Å². The zero-order chi connectivity index (χ0) is 19.9. The smallest absolute Gasteiger partial charge is 0.270 e. The summed E-state index contributed by atoms with van der Waals surface area (Å²) in [4.78, 5) is 28.2. The van der Waals surface area contributed by atoms with Crippen LogP contribution in [0.25, 0.3) is 0 Å². The summed E-state index contributed by atoms with van der Waals surface area (Å²) in [5, 5.41) is 8.01. The van der Waals surface area contributed by atoms with Gasteiger partial charge in [-0.25, -0.2) is 4.98 Å². The van der Waals surface area contributed by atoms with Crippen LogP contribution in [-0.2, 0) is 11.4 Å². The lowest BCUT2D eigenvalue weighted by Gasteiger charge is -2.17. The Morgan fingerprint density at radius 3 is 2.44 bits per heavy atom. The van der Waals surface area contributed by atoms with E-state index in [1.54, 1.807) is 5.38 Å². The van der Waals surface area contributed by atoms with Crippen LogP contribution in [0.3, 0.4) is 0 Å². The summed E-state index contributed by atoms with van der Waals surface area (Å²) < 4.78 is 5.67. The molecule has 146 valence electrons. The first-order valence-corrected chi connectivity index (χ1v) is 9.80. The number of benzene rings is 1. The van der Waals surface area contributed by atoms with Crippen molar-refractivity contribution in [2.24, 2.45) is 5.41 Å². The maximum absolute atomic E-state index is 12.1. The van der Waals surface area contributed by atoms with Gasteiger partial charge in [0.15, 0.2) is 0 Å². The predicted octanol–water partition coefficient (Wildman–Crippen LogP) is 3.31. The Balaban J connectivity index is 1.71. The largest absolute Gasteiger partial charge is 0.486 e. The summed E-state index contributed by atoms with van der Waals surface area (Å²) in [5.41, 5.74) is 1.49. The molecule has 2 aromatic rings. The predicted molar refractivity (Wildman–Crippen MR) is 107 cm³/mol. The summed E-state index contributed by atoms with van der Waals surface area (Å²) >= 11 is 1.38. The molecule has 1 aromatic carbocycles. The van der Waals surface area contributed by atoms with Crippen molar-refractivity contribution in [2.45, 2.75) is 40.7 Å². The van der Waals surface area contributed by atoms with Crippen molar-refractivity contribution in [3.8, 4) is 5.75 Å². The van der Waals surface area contributed by atoms with Crippen LogP contribution < -0.4 is 15.4 Å². The van der Waals surface area contributed by atoms with Gasteiger partial charge in [0, 0.05) is 24.9 Å². The fourth-order valence-corrected chi connectivity index (χ4v) is 2.96. The number of ether oxygens (including phenoxy) is 1. The third-order valence-electron chi connectivity index (χ3n) is 3.59. The Morgan fingerprint density at radius 2 is 1.78 bits per heavy atom. The molecule has 2 N–H and O–H groups in total. The molecule has 0 saturated heterocycles. The molecule has 0 bridgehead atoms. The molecule has 1 aromatic heterocycles. The second-order valence-electron chi connectivity index (χ2n) is 7.57. The van der Waals surface area contributed by atoms with Crippen LogP contribution in [0.2, 0.25) is 0 Å². The van der Waals surface area contributed by atoms with E-state index in [4.69, 9.17) is 4.74 Å². The van der Waals surface area contributed by atoms with Gasteiger partial charge in [-0.15, -0.1) is 11.3 Å². The highest BCUT2D eigenvalue weighted by atomic mass is 32.1. The standard InChI is InChI=1S/C20H27N3O3S/c1-14-5-7-15(8-6-14)26-12-18-23-16(13-27-18)19(25)22-10-9-21-17(24)11-20(2,3)4/h5-8,13H,9-12H2,1-4H3,(H,21,24)(H,22,25). The summed E-state index contributed by atoms with van der Waals surface area (Å²) in [7, 11) is 0. The highest BCUT2D eigenvalue weighted by Crippen LogP contribution is 2.18. The Kier molecular flexibility index (Phi) is 7.36. The number of nitrogens with one attached hydrogen (secondary N) is 2. The number of carbonyl (C=O) groups excluding carboxylic acids is 2. The van der Waals surface area contributed by atoms with Crippen molar-refractivity contribution in [1.82, 2.24) is 15.6 Å². The van der Waals surface area contributed by atoms with Crippen LogP contribution in [0.15, 0.2) is 29.6 Å². The quantitative estimate of drug-likeness (QED) is 0.679. The van der Waals surface area contributed by atoms with E-state index in [1.807, 2.05) is 52.0 Å². The van der Waals surface area contributed by atoms with Gasteiger partial charge < -0.3 is 15.4 Å². The number of amides is 2. The van der Waals surface area contributed by atoms with Crippen molar-refractivity contribution in [2.75, 3.05) is 13.1 Å². The fraction of sp³-hybridized carbons (Fsp3) is 0.450. The van der Waals surface area contributed by atoms with Crippen LogP contribution in [0.1, 0.15) is 48.3 Å². The molecular formula is C20H27N3O3S. The Hall–Kier alpha value is -2.41. The lowest BCUT2D eigenvalue weighted by atomic mass is 9.92. The maximum Gasteiger partial charge on any atom is 0.270 e. The van der Waals surface area contributed by atoms with Gasteiger partial charge in [0.05, 0.1) is 0 Å². The second kappa shape index (κ2) is 9.50. The third kappa shape index (κ3) is 7.78. The average molecular weight is 390 g/mol. The van der Waals surface area contributed by atoms with E-state index in [1.165, 1.54) is 16.9 Å². The van der Waals surface area contributed by atoms with Crippen molar-refractivity contribution in [1.29, 1.82) is 0 Å². The molecular weight excluding hydrogens is 362 g/mol. The molecule has 2 amide bonds. The Morgan fingerprint density at radius 1 is 1.11 bits per heavy atom. The van der Waals surface area contributed by atoms with Gasteiger partial charge in [0.2, 0.25) is 5.91 Å². The Labute approximate surface area is 164 Å². The number of thiazole rings is 1. The third-order valence-corrected chi connectivity index (χ3v) is 4.41. The molecule has 0 fully saturated rings. The summed E-state index contributed by atoms with van der Waals surface area (Å²) in [6, 6.07) is 7.78. The molecule has 0 atom stereocenters. The number of aryl methyl sites for hydroxylation is 1. The minimum absolute atomic E-state index is 0.0130. The highest BCUT2D eigenvalue weighted by Gasteiger charge is 2.15. The zero-order valence-electron chi connectivity index (χ0n) is 16.3. The van der Waals surface area contributed by atoms with Gasteiger partial charge in [-0.2, -0.15) is 0 Å². The van der Waals surface area contributed by atoms with Gasteiger partial charge in [0.1, 0.15) is 23.1 Å². The number of carbonyl (C=O) groups is 2. The van der Waals surface area contributed by atoms with Crippen LogP contribution in [-0.4, -0.2) is 29.9 Å². The minimum Gasteiger partial charge on any atom is -0.486 e. The van der Waals surface area contributed by atoms with E-state index in [2.05, 4.69) is 15.6 Å². The lowest BCUT2D eigenvalue weighted by molar-refractivity contribution is -0.122. The zero-order valence-corrected chi connectivity index (χ0v) is 17.1. The van der Waals surface area contributed by atoms with E-state index >= 15 is 0 Å². The van der Waals surface area contributed by atoms with Gasteiger partial charge >= 0.3 is 0 Å². The first-order valence-electron chi connectivity index (χ1n) is 8.92. The molecule has 7 heteroatoms. The van der Waals surface area contributed by atoms with Gasteiger partial charge in [-0.05, 0) is 24.5 Å². The summed E-state index contributed by atoms with van der Waals surface area (Å²) in [6.07, 6.45) is 0.456. The van der Waals surface area contributed by atoms with E-state index < -0.39 is 0 Å². The van der Waals surface area contributed by atoms with E-state index in [0.717, 1.165) is 10.8 Å². The van der Waals surface area contributed by atoms with Gasteiger partial charge in [-0.1, -0.05) is 38.5 Å². The van der Waals surface area contributed by atoms with Crippen molar-refractivity contribution < 1.29 is 14.3 Å². The van der Waals surface area contributed by atoms with Gasteiger partial charge in [0.25, 0.3) is 5.91 Å². The molecule has 2 rings (SSSR count). The molecule has 0 radical (unpaired) electrons. The molecule has 0 saturated carbocycles.